The fourth-order valence-electron chi connectivity index (χ4n) is 3.25. The van der Waals surface area contributed by atoms with Gasteiger partial charge in [-0.15, -0.1) is 0 Å². The van der Waals surface area contributed by atoms with Gasteiger partial charge in [0.25, 0.3) is 0 Å². The first-order valence-electron chi connectivity index (χ1n) is 9.32. The van der Waals surface area contributed by atoms with Gasteiger partial charge in [-0.05, 0) is 24.6 Å². The second kappa shape index (κ2) is 8.73. The fourth-order valence-corrected chi connectivity index (χ4v) is 3.25. The zero-order valence-corrected chi connectivity index (χ0v) is 16.1. The summed E-state index contributed by atoms with van der Waals surface area (Å²) in [4.78, 5) is 36.9. The highest BCUT2D eigenvalue weighted by atomic mass is 16.5. The molecule has 2 amide bonds. The Morgan fingerprint density at radius 2 is 1.86 bits per heavy atom. The number of hydrogen-bond acceptors (Lipinski definition) is 5. The topological polar surface area (TPSA) is 88.8 Å². The van der Waals surface area contributed by atoms with Crippen LogP contribution in [0.4, 0.5) is 5.69 Å². The van der Waals surface area contributed by atoms with Gasteiger partial charge in [0.05, 0.1) is 12.5 Å². The van der Waals surface area contributed by atoms with Crippen molar-refractivity contribution in [1.82, 2.24) is 4.90 Å². The molecule has 1 aliphatic heterocycles. The molecular formula is C21H24N2O5. The molecule has 1 aromatic carbocycles. The van der Waals surface area contributed by atoms with Gasteiger partial charge in [-0.1, -0.05) is 12.1 Å². The zero-order chi connectivity index (χ0) is 20.1. The molecule has 0 saturated carbocycles. The maximum absolute atomic E-state index is 12.5. The first kappa shape index (κ1) is 19.7. The molecule has 0 radical (unpaired) electrons. The molecular weight excluding hydrogens is 360 g/mol. The SMILES string of the molecule is CC(=O)Nc1ccc(CC(=O)N2CCC(Oc3cc(C)oc(=O)c3)CC2)cc1. The lowest BCUT2D eigenvalue weighted by Crippen LogP contribution is -2.42. The highest BCUT2D eigenvalue weighted by Gasteiger charge is 2.24. The van der Waals surface area contributed by atoms with Crippen molar-refractivity contribution < 1.29 is 18.7 Å². The van der Waals surface area contributed by atoms with Crippen LogP contribution < -0.4 is 15.7 Å². The molecule has 1 fully saturated rings. The molecule has 2 aromatic rings. The van der Waals surface area contributed by atoms with Gasteiger partial charge in [0.1, 0.15) is 17.6 Å². The minimum atomic E-state index is -0.424. The van der Waals surface area contributed by atoms with Crippen LogP contribution in [-0.2, 0) is 16.0 Å². The summed E-state index contributed by atoms with van der Waals surface area (Å²) in [5.74, 6) is 0.972. The molecule has 7 nitrogen and oxygen atoms in total. The molecule has 2 heterocycles. The number of benzene rings is 1. The van der Waals surface area contributed by atoms with Crippen LogP contribution in [0, 0.1) is 6.92 Å². The number of likely N-dealkylation sites (tertiary alicyclic amines) is 1. The van der Waals surface area contributed by atoms with Gasteiger partial charge in [-0.3, -0.25) is 9.59 Å². The molecule has 0 aliphatic carbocycles. The summed E-state index contributed by atoms with van der Waals surface area (Å²) < 4.78 is 10.8. The van der Waals surface area contributed by atoms with E-state index in [1.165, 1.54) is 13.0 Å². The normalized spacial score (nSPS) is 14.6. The van der Waals surface area contributed by atoms with E-state index in [1.54, 1.807) is 25.1 Å². The average Bonchev–Trinajstić information content (AvgIpc) is 2.62. The molecule has 0 atom stereocenters. The molecule has 7 heteroatoms. The van der Waals surface area contributed by atoms with E-state index in [2.05, 4.69) is 5.32 Å². The van der Waals surface area contributed by atoms with Crippen molar-refractivity contribution in [2.75, 3.05) is 18.4 Å². The first-order chi connectivity index (χ1) is 13.4. The van der Waals surface area contributed by atoms with Gasteiger partial charge in [0, 0.05) is 44.6 Å². The van der Waals surface area contributed by atoms with Crippen LogP contribution in [0.1, 0.15) is 31.1 Å². The molecule has 3 rings (SSSR count). The van der Waals surface area contributed by atoms with Gasteiger partial charge >= 0.3 is 5.63 Å². The number of amides is 2. The lowest BCUT2D eigenvalue weighted by atomic mass is 10.1. The monoisotopic (exact) mass is 384 g/mol. The number of nitrogens with one attached hydrogen (secondary N) is 1. The molecule has 28 heavy (non-hydrogen) atoms. The maximum atomic E-state index is 12.5. The summed E-state index contributed by atoms with van der Waals surface area (Å²) in [7, 11) is 0. The van der Waals surface area contributed by atoms with Gasteiger partial charge in [0.15, 0.2) is 0 Å². The molecule has 1 aromatic heterocycles. The second-order valence-corrected chi connectivity index (χ2v) is 6.98. The van der Waals surface area contributed by atoms with Crippen LogP contribution in [0.15, 0.2) is 45.6 Å². The van der Waals surface area contributed by atoms with Crippen LogP contribution in [-0.4, -0.2) is 35.9 Å². The fraction of sp³-hybridized carbons (Fsp3) is 0.381. The minimum absolute atomic E-state index is 0.0258. The average molecular weight is 384 g/mol. The lowest BCUT2D eigenvalue weighted by molar-refractivity contribution is -0.132. The highest BCUT2D eigenvalue weighted by molar-refractivity contribution is 5.88. The van der Waals surface area contributed by atoms with Crippen LogP contribution >= 0.6 is 0 Å². The maximum Gasteiger partial charge on any atom is 0.339 e. The lowest BCUT2D eigenvalue weighted by Gasteiger charge is -2.32. The zero-order valence-electron chi connectivity index (χ0n) is 16.1. The molecule has 148 valence electrons. The van der Waals surface area contributed by atoms with E-state index >= 15 is 0 Å². The minimum Gasteiger partial charge on any atom is -0.490 e. The van der Waals surface area contributed by atoms with E-state index in [-0.39, 0.29) is 17.9 Å². The standard InChI is InChI=1S/C21H24N2O5/c1-14-11-19(13-21(26)27-14)28-18-7-9-23(10-8-18)20(25)12-16-3-5-17(6-4-16)22-15(2)24/h3-6,11,13,18H,7-10,12H2,1-2H3,(H,22,24). The van der Waals surface area contributed by atoms with Crippen molar-refractivity contribution >= 4 is 17.5 Å². The van der Waals surface area contributed by atoms with E-state index in [9.17, 15) is 14.4 Å². The Hall–Kier alpha value is -3.09. The Morgan fingerprint density at radius 3 is 2.46 bits per heavy atom. The smallest absolute Gasteiger partial charge is 0.339 e. The quantitative estimate of drug-likeness (QED) is 0.856. The van der Waals surface area contributed by atoms with Crippen LogP contribution in [0.25, 0.3) is 0 Å². The summed E-state index contributed by atoms with van der Waals surface area (Å²) in [5, 5.41) is 2.71. The molecule has 0 bridgehead atoms. The van der Waals surface area contributed by atoms with Crippen LogP contribution in [0.5, 0.6) is 5.75 Å². The van der Waals surface area contributed by atoms with Crippen molar-refractivity contribution in [3.63, 3.8) is 0 Å². The third-order valence-corrected chi connectivity index (χ3v) is 4.59. The number of hydrogen-bond donors (Lipinski definition) is 1. The number of carbonyl (C=O) groups excluding carboxylic acids is 2. The number of rotatable bonds is 5. The van der Waals surface area contributed by atoms with E-state index in [1.807, 2.05) is 17.0 Å². The Balaban J connectivity index is 1.49. The third kappa shape index (κ3) is 5.45. The van der Waals surface area contributed by atoms with Crippen LogP contribution in [0.2, 0.25) is 0 Å². The highest BCUT2D eigenvalue weighted by Crippen LogP contribution is 2.20. The molecule has 0 spiro atoms. The van der Waals surface area contributed by atoms with Crippen molar-refractivity contribution in [1.29, 1.82) is 0 Å². The Labute approximate surface area is 163 Å². The van der Waals surface area contributed by atoms with Crippen LogP contribution in [0.3, 0.4) is 0 Å². The molecule has 1 N–H and O–H groups in total. The predicted octanol–water partition coefficient (Wildman–Crippen LogP) is 2.52. The van der Waals surface area contributed by atoms with Crippen molar-refractivity contribution in [3.05, 3.63) is 58.1 Å². The Kier molecular flexibility index (Phi) is 6.13. The van der Waals surface area contributed by atoms with Gasteiger partial charge < -0.3 is 19.4 Å². The van der Waals surface area contributed by atoms with Crippen molar-refractivity contribution in [3.8, 4) is 5.75 Å². The van der Waals surface area contributed by atoms with E-state index in [0.717, 1.165) is 5.56 Å². The summed E-state index contributed by atoms with van der Waals surface area (Å²) in [5.41, 5.74) is 1.20. The van der Waals surface area contributed by atoms with Crippen molar-refractivity contribution in [2.24, 2.45) is 0 Å². The van der Waals surface area contributed by atoms with Gasteiger partial charge in [-0.2, -0.15) is 0 Å². The summed E-state index contributed by atoms with van der Waals surface area (Å²) >= 11 is 0. The number of aryl methyl sites for hydroxylation is 1. The number of ether oxygens (including phenoxy) is 1. The summed E-state index contributed by atoms with van der Waals surface area (Å²) in [6.45, 7) is 4.40. The van der Waals surface area contributed by atoms with E-state index in [4.69, 9.17) is 9.15 Å². The first-order valence-corrected chi connectivity index (χ1v) is 9.32. The van der Waals surface area contributed by atoms with Gasteiger partial charge in [-0.25, -0.2) is 4.79 Å². The van der Waals surface area contributed by atoms with Crippen molar-refractivity contribution in [2.45, 2.75) is 39.2 Å². The Morgan fingerprint density at radius 1 is 1.18 bits per heavy atom. The Bertz CT molecular complexity index is 896. The number of piperidine rings is 1. The molecule has 0 unspecified atom stereocenters. The van der Waals surface area contributed by atoms with Gasteiger partial charge in [0.2, 0.25) is 11.8 Å². The summed E-state index contributed by atoms with van der Waals surface area (Å²) in [6.07, 6.45) is 1.73. The second-order valence-electron chi connectivity index (χ2n) is 6.98. The number of carbonyl (C=O) groups is 2. The summed E-state index contributed by atoms with van der Waals surface area (Å²) in [6, 6.07) is 10.3. The third-order valence-electron chi connectivity index (χ3n) is 4.59. The number of nitrogens with zero attached hydrogens (tertiary/aromatic N) is 1. The predicted molar refractivity (Wildman–Crippen MR) is 104 cm³/mol. The number of anilines is 1. The van der Waals surface area contributed by atoms with E-state index < -0.39 is 5.63 Å². The molecule has 1 aliphatic rings. The van der Waals surface area contributed by atoms with E-state index in [0.29, 0.717) is 49.5 Å². The largest absolute Gasteiger partial charge is 0.490 e. The molecule has 1 saturated heterocycles.